The van der Waals surface area contributed by atoms with E-state index in [2.05, 4.69) is 52.0 Å². The van der Waals surface area contributed by atoms with Crippen molar-refractivity contribution in [2.75, 3.05) is 19.6 Å². The lowest BCUT2D eigenvalue weighted by atomic mass is 10.0. The molecule has 2 heterocycles. The number of aromatic amines is 1. The maximum Gasteiger partial charge on any atom is 0.0716 e. The standard InChI is InChI=1S/C16H22N4O/c1-11-3-2-4-12(5-11)16-14(9-19-20-16)8-17-6-13-7-18-10-15(13)21/h2-5,9,13,15,17-18,21H,6-8,10H2,1H3,(H,19,20). The molecule has 2 atom stereocenters. The molecule has 1 fully saturated rings. The number of H-pyrrole nitrogens is 1. The Morgan fingerprint density at radius 1 is 1.38 bits per heavy atom. The second kappa shape index (κ2) is 6.39. The lowest BCUT2D eigenvalue weighted by Gasteiger charge is -2.14. The summed E-state index contributed by atoms with van der Waals surface area (Å²) in [5.74, 6) is 0.291. The molecule has 1 aliphatic rings. The third-order valence-electron chi connectivity index (χ3n) is 4.05. The molecular formula is C16H22N4O. The third-order valence-corrected chi connectivity index (χ3v) is 4.05. The molecule has 1 aromatic heterocycles. The van der Waals surface area contributed by atoms with Crippen molar-refractivity contribution in [2.24, 2.45) is 5.92 Å². The summed E-state index contributed by atoms with van der Waals surface area (Å²) in [6.07, 6.45) is 1.63. The Bertz CT molecular complexity index is 595. The van der Waals surface area contributed by atoms with Gasteiger partial charge in [-0.3, -0.25) is 5.10 Å². The summed E-state index contributed by atoms with van der Waals surface area (Å²) < 4.78 is 0. The molecular weight excluding hydrogens is 264 g/mol. The molecule has 1 saturated heterocycles. The molecule has 21 heavy (non-hydrogen) atoms. The fourth-order valence-corrected chi connectivity index (χ4v) is 2.82. The van der Waals surface area contributed by atoms with E-state index in [1.807, 2.05) is 6.20 Å². The predicted octanol–water partition coefficient (Wildman–Crippen LogP) is 1.06. The quantitative estimate of drug-likeness (QED) is 0.663. The number of aryl methyl sites for hydroxylation is 1. The Morgan fingerprint density at radius 2 is 2.29 bits per heavy atom. The van der Waals surface area contributed by atoms with Gasteiger partial charge < -0.3 is 15.7 Å². The van der Waals surface area contributed by atoms with Gasteiger partial charge in [0.1, 0.15) is 0 Å². The van der Waals surface area contributed by atoms with E-state index in [1.54, 1.807) is 0 Å². The number of benzene rings is 1. The van der Waals surface area contributed by atoms with Gasteiger partial charge in [-0.1, -0.05) is 23.8 Å². The molecule has 0 aliphatic carbocycles. The van der Waals surface area contributed by atoms with E-state index < -0.39 is 0 Å². The Balaban J connectivity index is 1.63. The molecule has 2 aromatic rings. The van der Waals surface area contributed by atoms with Crippen LogP contribution in [-0.2, 0) is 6.54 Å². The van der Waals surface area contributed by atoms with Crippen LogP contribution in [0.2, 0.25) is 0 Å². The normalized spacial score (nSPS) is 21.8. The number of rotatable bonds is 5. The molecule has 4 N–H and O–H groups in total. The fourth-order valence-electron chi connectivity index (χ4n) is 2.82. The van der Waals surface area contributed by atoms with Crippen molar-refractivity contribution in [3.05, 3.63) is 41.6 Å². The van der Waals surface area contributed by atoms with Crippen LogP contribution in [0.3, 0.4) is 0 Å². The maximum absolute atomic E-state index is 9.79. The Labute approximate surface area is 124 Å². The number of β-amino-alcohol motifs (C(OH)–C–C–N with tert-alkyl or cyclic N) is 1. The Morgan fingerprint density at radius 3 is 3.05 bits per heavy atom. The summed E-state index contributed by atoms with van der Waals surface area (Å²) in [5, 5.41) is 23.7. The molecule has 0 bridgehead atoms. The van der Waals surface area contributed by atoms with Gasteiger partial charge in [0.25, 0.3) is 0 Å². The Kier molecular flexibility index (Phi) is 4.34. The third kappa shape index (κ3) is 3.32. The van der Waals surface area contributed by atoms with E-state index in [0.717, 1.165) is 36.5 Å². The van der Waals surface area contributed by atoms with Gasteiger partial charge in [-0.05, 0) is 13.0 Å². The van der Waals surface area contributed by atoms with Gasteiger partial charge in [0.2, 0.25) is 0 Å². The average Bonchev–Trinajstić information content (AvgIpc) is 3.09. The highest BCUT2D eigenvalue weighted by Crippen LogP contribution is 2.22. The van der Waals surface area contributed by atoms with Crippen molar-refractivity contribution in [1.29, 1.82) is 0 Å². The summed E-state index contributed by atoms with van der Waals surface area (Å²) in [4.78, 5) is 0. The van der Waals surface area contributed by atoms with Gasteiger partial charge in [-0.2, -0.15) is 5.10 Å². The van der Waals surface area contributed by atoms with Crippen LogP contribution in [0.25, 0.3) is 11.3 Å². The minimum atomic E-state index is -0.238. The molecule has 0 amide bonds. The zero-order valence-corrected chi connectivity index (χ0v) is 12.3. The monoisotopic (exact) mass is 286 g/mol. The second-order valence-corrected chi connectivity index (χ2v) is 5.76. The number of aliphatic hydroxyl groups is 1. The highest BCUT2D eigenvalue weighted by molar-refractivity contribution is 5.63. The van der Waals surface area contributed by atoms with Gasteiger partial charge in [0.05, 0.1) is 18.0 Å². The summed E-state index contributed by atoms with van der Waals surface area (Å²) in [6.45, 7) is 5.23. The molecule has 5 nitrogen and oxygen atoms in total. The zero-order valence-electron chi connectivity index (χ0n) is 12.3. The van der Waals surface area contributed by atoms with Crippen molar-refractivity contribution in [1.82, 2.24) is 20.8 Å². The largest absolute Gasteiger partial charge is 0.391 e. The maximum atomic E-state index is 9.79. The smallest absolute Gasteiger partial charge is 0.0716 e. The summed E-state index contributed by atoms with van der Waals surface area (Å²) in [5.41, 5.74) is 4.62. The molecule has 2 unspecified atom stereocenters. The second-order valence-electron chi connectivity index (χ2n) is 5.76. The minimum absolute atomic E-state index is 0.238. The van der Waals surface area contributed by atoms with E-state index in [9.17, 15) is 5.11 Å². The van der Waals surface area contributed by atoms with Gasteiger partial charge in [0.15, 0.2) is 0 Å². The van der Waals surface area contributed by atoms with Crippen molar-refractivity contribution < 1.29 is 5.11 Å². The average molecular weight is 286 g/mol. The van der Waals surface area contributed by atoms with Crippen LogP contribution in [0.4, 0.5) is 0 Å². The summed E-state index contributed by atoms with van der Waals surface area (Å²) in [7, 11) is 0. The van der Waals surface area contributed by atoms with Gasteiger partial charge in [0, 0.05) is 43.2 Å². The molecule has 1 aliphatic heterocycles. The number of nitrogens with zero attached hydrogens (tertiary/aromatic N) is 1. The van der Waals surface area contributed by atoms with E-state index in [1.165, 1.54) is 5.56 Å². The van der Waals surface area contributed by atoms with Gasteiger partial charge in [-0.15, -0.1) is 0 Å². The van der Waals surface area contributed by atoms with Crippen molar-refractivity contribution in [2.45, 2.75) is 19.6 Å². The molecule has 3 rings (SSSR count). The van der Waals surface area contributed by atoms with Crippen LogP contribution < -0.4 is 10.6 Å². The summed E-state index contributed by atoms with van der Waals surface area (Å²) in [6, 6.07) is 8.39. The van der Waals surface area contributed by atoms with E-state index in [-0.39, 0.29) is 6.10 Å². The number of hydrogen-bond acceptors (Lipinski definition) is 4. The molecule has 1 aromatic carbocycles. The first-order valence-electron chi connectivity index (χ1n) is 7.43. The van der Waals surface area contributed by atoms with Crippen LogP contribution in [0.1, 0.15) is 11.1 Å². The highest BCUT2D eigenvalue weighted by Gasteiger charge is 2.24. The topological polar surface area (TPSA) is 73.0 Å². The molecule has 5 heteroatoms. The summed E-state index contributed by atoms with van der Waals surface area (Å²) >= 11 is 0. The number of hydrogen-bond donors (Lipinski definition) is 4. The van der Waals surface area contributed by atoms with Crippen LogP contribution in [0, 0.1) is 12.8 Å². The highest BCUT2D eigenvalue weighted by atomic mass is 16.3. The van der Waals surface area contributed by atoms with Crippen LogP contribution >= 0.6 is 0 Å². The number of aliphatic hydroxyl groups excluding tert-OH is 1. The molecule has 0 saturated carbocycles. The Hall–Kier alpha value is -1.69. The predicted molar refractivity (Wildman–Crippen MR) is 82.8 cm³/mol. The van der Waals surface area contributed by atoms with Crippen molar-refractivity contribution >= 4 is 0 Å². The molecule has 0 spiro atoms. The van der Waals surface area contributed by atoms with Crippen LogP contribution in [0.5, 0.6) is 0 Å². The van der Waals surface area contributed by atoms with Crippen LogP contribution in [0.15, 0.2) is 30.5 Å². The first-order chi connectivity index (χ1) is 10.2. The first-order valence-corrected chi connectivity index (χ1v) is 7.43. The number of nitrogens with one attached hydrogen (secondary N) is 3. The van der Waals surface area contributed by atoms with Gasteiger partial charge in [-0.25, -0.2) is 0 Å². The number of aromatic nitrogens is 2. The zero-order chi connectivity index (χ0) is 14.7. The minimum Gasteiger partial charge on any atom is -0.391 e. The van der Waals surface area contributed by atoms with E-state index >= 15 is 0 Å². The van der Waals surface area contributed by atoms with Gasteiger partial charge >= 0.3 is 0 Å². The van der Waals surface area contributed by atoms with Crippen molar-refractivity contribution in [3.8, 4) is 11.3 Å². The first kappa shape index (κ1) is 14.3. The lowest BCUT2D eigenvalue weighted by Crippen LogP contribution is -2.30. The van der Waals surface area contributed by atoms with E-state index in [0.29, 0.717) is 12.5 Å². The fraction of sp³-hybridized carbons (Fsp3) is 0.438. The van der Waals surface area contributed by atoms with Crippen LogP contribution in [-0.4, -0.2) is 41.0 Å². The lowest BCUT2D eigenvalue weighted by molar-refractivity contribution is 0.146. The molecule has 0 radical (unpaired) electrons. The van der Waals surface area contributed by atoms with Crippen molar-refractivity contribution in [3.63, 3.8) is 0 Å². The molecule has 112 valence electrons. The van der Waals surface area contributed by atoms with E-state index in [4.69, 9.17) is 0 Å². The SMILES string of the molecule is Cc1cccc(-c2[nH]ncc2CNCC2CNCC2O)c1.